The van der Waals surface area contributed by atoms with Crippen LogP contribution in [-0.4, -0.2) is 6.04 Å². The minimum atomic E-state index is 0.267. The highest BCUT2D eigenvalue weighted by atomic mass is 14.6. The van der Waals surface area contributed by atoms with Gasteiger partial charge in [0, 0.05) is 6.04 Å². The molecule has 0 aliphatic rings. The van der Waals surface area contributed by atoms with Crippen LogP contribution in [-0.2, 0) is 0 Å². The van der Waals surface area contributed by atoms with Crippen LogP contribution in [0.3, 0.4) is 0 Å². The second-order valence-corrected chi connectivity index (χ2v) is 2.73. The van der Waals surface area contributed by atoms with Crippen LogP contribution >= 0.6 is 0 Å². The van der Waals surface area contributed by atoms with Crippen molar-refractivity contribution in [2.45, 2.75) is 25.8 Å². The number of hydrogen-bond donors (Lipinski definition) is 1. The summed E-state index contributed by atoms with van der Waals surface area (Å²) in [6, 6.07) is 0.267. The largest absolute Gasteiger partial charge is 0.328 e. The standard InChI is InChI=1S/C9H17N/c1-4-6-9(5-2)7-8(3)10/h4-5,8-9H,1-2,6-7,10H2,3H3. The van der Waals surface area contributed by atoms with E-state index >= 15 is 0 Å². The molecule has 0 saturated carbocycles. The molecular formula is C9H17N. The van der Waals surface area contributed by atoms with Gasteiger partial charge in [0.15, 0.2) is 0 Å². The molecule has 0 aromatic heterocycles. The predicted octanol–water partition coefficient (Wildman–Crippen LogP) is 2.10. The van der Waals surface area contributed by atoms with E-state index in [0.717, 1.165) is 12.8 Å². The summed E-state index contributed by atoms with van der Waals surface area (Å²) in [6.45, 7) is 9.41. The summed E-state index contributed by atoms with van der Waals surface area (Å²) in [6.07, 6.45) is 5.86. The first-order valence-electron chi connectivity index (χ1n) is 3.69. The molecule has 58 valence electrons. The highest BCUT2D eigenvalue weighted by Crippen LogP contribution is 2.11. The van der Waals surface area contributed by atoms with Crippen LogP contribution in [0.5, 0.6) is 0 Å². The second-order valence-electron chi connectivity index (χ2n) is 2.73. The van der Waals surface area contributed by atoms with Gasteiger partial charge in [0.1, 0.15) is 0 Å². The highest BCUT2D eigenvalue weighted by Gasteiger charge is 2.03. The molecule has 0 aromatic carbocycles. The minimum absolute atomic E-state index is 0.267. The zero-order valence-corrected chi connectivity index (χ0v) is 6.72. The van der Waals surface area contributed by atoms with Crippen molar-refractivity contribution in [3.05, 3.63) is 25.3 Å². The summed E-state index contributed by atoms with van der Waals surface area (Å²) >= 11 is 0. The smallest absolute Gasteiger partial charge is 0.00161 e. The molecule has 0 aliphatic carbocycles. The molecule has 10 heavy (non-hydrogen) atoms. The van der Waals surface area contributed by atoms with E-state index < -0.39 is 0 Å². The molecule has 0 radical (unpaired) electrons. The molecule has 1 nitrogen and oxygen atoms in total. The molecule has 0 rings (SSSR count). The van der Waals surface area contributed by atoms with E-state index in [0.29, 0.717) is 5.92 Å². The Bertz CT molecular complexity index is 105. The fraction of sp³-hybridized carbons (Fsp3) is 0.556. The Kier molecular flexibility index (Phi) is 4.95. The summed E-state index contributed by atoms with van der Waals surface area (Å²) in [5, 5.41) is 0. The SMILES string of the molecule is C=CCC(C=C)CC(C)N. The van der Waals surface area contributed by atoms with Crippen molar-refractivity contribution in [1.29, 1.82) is 0 Å². The van der Waals surface area contributed by atoms with Crippen molar-refractivity contribution in [3.63, 3.8) is 0 Å². The Labute approximate surface area is 63.6 Å². The summed E-state index contributed by atoms with van der Waals surface area (Å²) in [5.74, 6) is 0.512. The first kappa shape index (κ1) is 9.44. The molecule has 2 unspecified atom stereocenters. The number of nitrogens with two attached hydrogens (primary N) is 1. The lowest BCUT2D eigenvalue weighted by atomic mass is 9.98. The van der Waals surface area contributed by atoms with E-state index in [4.69, 9.17) is 5.73 Å². The maximum Gasteiger partial charge on any atom is 0.00161 e. The quantitative estimate of drug-likeness (QED) is 0.580. The molecule has 0 heterocycles. The fourth-order valence-corrected chi connectivity index (χ4v) is 0.980. The molecule has 0 fully saturated rings. The molecule has 1 heteroatoms. The van der Waals surface area contributed by atoms with Gasteiger partial charge in [-0.3, -0.25) is 0 Å². The van der Waals surface area contributed by atoms with Crippen molar-refractivity contribution in [2.75, 3.05) is 0 Å². The van der Waals surface area contributed by atoms with Crippen molar-refractivity contribution in [2.24, 2.45) is 11.7 Å². The van der Waals surface area contributed by atoms with Gasteiger partial charge in [0.2, 0.25) is 0 Å². The van der Waals surface area contributed by atoms with E-state index in [1.54, 1.807) is 0 Å². The Hall–Kier alpha value is -0.560. The monoisotopic (exact) mass is 139 g/mol. The first-order chi connectivity index (χ1) is 4.70. The molecule has 0 amide bonds. The van der Waals surface area contributed by atoms with Crippen LogP contribution in [0.4, 0.5) is 0 Å². The van der Waals surface area contributed by atoms with Gasteiger partial charge in [-0.15, -0.1) is 13.2 Å². The third kappa shape index (κ3) is 4.33. The maximum absolute atomic E-state index is 5.62. The van der Waals surface area contributed by atoms with E-state index in [1.807, 2.05) is 19.1 Å². The van der Waals surface area contributed by atoms with E-state index in [-0.39, 0.29) is 6.04 Å². The molecule has 0 saturated heterocycles. The number of rotatable bonds is 5. The first-order valence-corrected chi connectivity index (χ1v) is 3.69. The van der Waals surface area contributed by atoms with E-state index in [2.05, 4.69) is 13.2 Å². The normalized spacial score (nSPS) is 15.8. The van der Waals surface area contributed by atoms with Gasteiger partial charge in [0.05, 0.1) is 0 Å². The molecule has 0 bridgehead atoms. The molecule has 0 spiro atoms. The summed E-state index contributed by atoms with van der Waals surface area (Å²) in [5.41, 5.74) is 5.62. The van der Waals surface area contributed by atoms with Gasteiger partial charge < -0.3 is 5.73 Å². The molecule has 0 aliphatic heterocycles. The Morgan fingerprint density at radius 1 is 1.50 bits per heavy atom. The highest BCUT2D eigenvalue weighted by molar-refractivity contribution is 4.86. The summed E-state index contributed by atoms with van der Waals surface area (Å²) in [4.78, 5) is 0. The van der Waals surface area contributed by atoms with Crippen molar-refractivity contribution in [1.82, 2.24) is 0 Å². The molecule has 0 aromatic rings. The number of allylic oxidation sites excluding steroid dienone is 2. The lowest BCUT2D eigenvalue weighted by Gasteiger charge is -2.11. The third-order valence-electron chi connectivity index (χ3n) is 1.48. The van der Waals surface area contributed by atoms with Gasteiger partial charge >= 0.3 is 0 Å². The van der Waals surface area contributed by atoms with Gasteiger partial charge in [-0.25, -0.2) is 0 Å². The Morgan fingerprint density at radius 3 is 2.40 bits per heavy atom. The lowest BCUT2D eigenvalue weighted by molar-refractivity contribution is 0.532. The number of hydrogen-bond acceptors (Lipinski definition) is 1. The molecule has 2 atom stereocenters. The zero-order chi connectivity index (χ0) is 7.98. The van der Waals surface area contributed by atoms with Gasteiger partial charge in [-0.1, -0.05) is 12.2 Å². The maximum atomic E-state index is 5.62. The fourth-order valence-electron chi connectivity index (χ4n) is 0.980. The van der Waals surface area contributed by atoms with E-state index in [9.17, 15) is 0 Å². The third-order valence-corrected chi connectivity index (χ3v) is 1.48. The topological polar surface area (TPSA) is 26.0 Å². The van der Waals surface area contributed by atoms with Crippen LogP contribution < -0.4 is 5.73 Å². The summed E-state index contributed by atoms with van der Waals surface area (Å²) in [7, 11) is 0. The minimum Gasteiger partial charge on any atom is -0.328 e. The lowest BCUT2D eigenvalue weighted by Crippen LogP contribution is -2.18. The van der Waals surface area contributed by atoms with Crippen LogP contribution in [0.25, 0.3) is 0 Å². The molecule has 2 N–H and O–H groups in total. The Balaban J connectivity index is 3.59. The van der Waals surface area contributed by atoms with Crippen LogP contribution in [0.1, 0.15) is 19.8 Å². The van der Waals surface area contributed by atoms with Gasteiger partial charge in [0.25, 0.3) is 0 Å². The van der Waals surface area contributed by atoms with Crippen molar-refractivity contribution in [3.8, 4) is 0 Å². The van der Waals surface area contributed by atoms with Crippen molar-refractivity contribution >= 4 is 0 Å². The van der Waals surface area contributed by atoms with Crippen molar-refractivity contribution < 1.29 is 0 Å². The molecular weight excluding hydrogens is 122 g/mol. The van der Waals surface area contributed by atoms with Gasteiger partial charge in [-0.05, 0) is 25.7 Å². The second kappa shape index (κ2) is 5.24. The summed E-state index contributed by atoms with van der Waals surface area (Å²) < 4.78 is 0. The predicted molar refractivity (Wildman–Crippen MR) is 46.8 cm³/mol. The Morgan fingerprint density at radius 2 is 2.10 bits per heavy atom. The average molecular weight is 139 g/mol. The van der Waals surface area contributed by atoms with Crippen LogP contribution in [0.15, 0.2) is 25.3 Å². The average Bonchev–Trinajstić information content (AvgIpc) is 1.86. The van der Waals surface area contributed by atoms with Crippen LogP contribution in [0, 0.1) is 5.92 Å². The van der Waals surface area contributed by atoms with Gasteiger partial charge in [-0.2, -0.15) is 0 Å². The zero-order valence-electron chi connectivity index (χ0n) is 6.72. The van der Waals surface area contributed by atoms with E-state index in [1.165, 1.54) is 0 Å². The van der Waals surface area contributed by atoms with Crippen LogP contribution in [0.2, 0.25) is 0 Å².